The van der Waals surface area contributed by atoms with Gasteiger partial charge in [0.1, 0.15) is 0 Å². The molecule has 0 aliphatic carbocycles. The molecular formula is C10H21NO2. The molecule has 0 aromatic rings. The minimum atomic E-state index is -0.263. The molecule has 1 amide bonds. The third kappa shape index (κ3) is 6.58. The van der Waals surface area contributed by atoms with Crippen LogP contribution in [-0.2, 0) is 4.79 Å². The lowest BCUT2D eigenvalue weighted by Gasteiger charge is -2.10. The molecule has 0 aromatic heterocycles. The summed E-state index contributed by atoms with van der Waals surface area (Å²) >= 11 is 0. The smallest absolute Gasteiger partial charge is 0.222 e. The van der Waals surface area contributed by atoms with Crippen LogP contribution in [0.5, 0.6) is 0 Å². The lowest BCUT2D eigenvalue weighted by atomic mass is 10.1. The summed E-state index contributed by atoms with van der Waals surface area (Å²) in [7, 11) is 0. The van der Waals surface area contributed by atoms with Crippen molar-refractivity contribution >= 4 is 5.91 Å². The summed E-state index contributed by atoms with van der Waals surface area (Å²) in [6, 6.07) is 0. The van der Waals surface area contributed by atoms with Crippen molar-refractivity contribution in [3.05, 3.63) is 0 Å². The number of hydrogen-bond donors (Lipinski definition) is 2. The van der Waals surface area contributed by atoms with Gasteiger partial charge in [-0.15, -0.1) is 0 Å². The molecule has 0 heterocycles. The monoisotopic (exact) mass is 187 g/mol. The van der Waals surface area contributed by atoms with Crippen LogP contribution in [-0.4, -0.2) is 23.7 Å². The number of amides is 1. The van der Waals surface area contributed by atoms with E-state index in [1.54, 1.807) is 6.92 Å². The Hall–Kier alpha value is -0.570. The fourth-order valence-corrected chi connectivity index (χ4v) is 0.969. The Balaban J connectivity index is 3.37. The Morgan fingerprint density at radius 3 is 2.54 bits per heavy atom. The first-order valence-electron chi connectivity index (χ1n) is 5.03. The zero-order valence-corrected chi connectivity index (χ0v) is 8.84. The molecular weight excluding hydrogens is 166 g/mol. The standard InChI is InChI=1S/C10H21NO2/c1-4-8(2)10(13)11-7-5-6-9(3)12/h8-9,12H,4-7H2,1-3H3,(H,11,13). The molecule has 0 aromatic carbocycles. The van der Waals surface area contributed by atoms with Gasteiger partial charge in [0, 0.05) is 12.5 Å². The zero-order valence-electron chi connectivity index (χ0n) is 8.84. The first-order chi connectivity index (χ1) is 6.07. The van der Waals surface area contributed by atoms with Crippen LogP contribution >= 0.6 is 0 Å². The Kier molecular flexibility index (Phi) is 6.59. The summed E-state index contributed by atoms with van der Waals surface area (Å²) in [6.07, 6.45) is 2.21. The van der Waals surface area contributed by atoms with Gasteiger partial charge in [0.15, 0.2) is 0 Å². The summed E-state index contributed by atoms with van der Waals surface area (Å²) in [6.45, 7) is 6.36. The zero-order chi connectivity index (χ0) is 10.3. The Labute approximate surface area is 80.5 Å². The molecule has 0 saturated carbocycles. The average Bonchev–Trinajstić information content (AvgIpc) is 2.10. The largest absolute Gasteiger partial charge is 0.393 e. The second kappa shape index (κ2) is 6.89. The number of hydrogen-bond acceptors (Lipinski definition) is 2. The van der Waals surface area contributed by atoms with Gasteiger partial charge in [-0.25, -0.2) is 0 Å². The van der Waals surface area contributed by atoms with Crippen LogP contribution in [0.15, 0.2) is 0 Å². The summed E-state index contributed by atoms with van der Waals surface area (Å²) in [4.78, 5) is 11.2. The lowest BCUT2D eigenvalue weighted by molar-refractivity contribution is -0.124. The second-order valence-corrected chi connectivity index (χ2v) is 3.59. The molecule has 78 valence electrons. The van der Waals surface area contributed by atoms with Gasteiger partial charge in [0.05, 0.1) is 6.10 Å². The van der Waals surface area contributed by atoms with E-state index < -0.39 is 0 Å². The van der Waals surface area contributed by atoms with Gasteiger partial charge in [-0.05, 0) is 26.2 Å². The lowest BCUT2D eigenvalue weighted by Crippen LogP contribution is -2.29. The third-order valence-corrected chi connectivity index (χ3v) is 2.16. The van der Waals surface area contributed by atoms with Gasteiger partial charge in [-0.2, -0.15) is 0 Å². The maximum atomic E-state index is 11.2. The Morgan fingerprint density at radius 1 is 1.46 bits per heavy atom. The summed E-state index contributed by atoms with van der Waals surface area (Å²) in [5.41, 5.74) is 0. The van der Waals surface area contributed by atoms with Gasteiger partial charge < -0.3 is 10.4 Å². The van der Waals surface area contributed by atoms with Crippen LogP contribution in [0.1, 0.15) is 40.0 Å². The number of carbonyl (C=O) groups excluding carboxylic acids is 1. The summed E-state index contributed by atoms with van der Waals surface area (Å²) in [5, 5.41) is 11.8. The van der Waals surface area contributed by atoms with Gasteiger partial charge in [-0.3, -0.25) is 4.79 Å². The van der Waals surface area contributed by atoms with Crippen molar-refractivity contribution in [2.45, 2.75) is 46.1 Å². The minimum absolute atomic E-state index is 0.103. The van der Waals surface area contributed by atoms with Crippen LogP contribution in [0.3, 0.4) is 0 Å². The molecule has 13 heavy (non-hydrogen) atoms. The van der Waals surface area contributed by atoms with E-state index in [4.69, 9.17) is 5.11 Å². The van der Waals surface area contributed by atoms with Crippen molar-refractivity contribution in [1.29, 1.82) is 0 Å². The molecule has 0 fully saturated rings. The van der Waals surface area contributed by atoms with E-state index in [1.807, 2.05) is 13.8 Å². The Morgan fingerprint density at radius 2 is 2.08 bits per heavy atom. The van der Waals surface area contributed by atoms with Crippen molar-refractivity contribution in [1.82, 2.24) is 5.32 Å². The number of rotatable bonds is 6. The molecule has 0 saturated heterocycles. The van der Waals surface area contributed by atoms with Crippen molar-refractivity contribution < 1.29 is 9.90 Å². The highest BCUT2D eigenvalue weighted by atomic mass is 16.3. The molecule has 2 unspecified atom stereocenters. The second-order valence-electron chi connectivity index (χ2n) is 3.59. The van der Waals surface area contributed by atoms with E-state index in [2.05, 4.69) is 5.32 Å². The van der Waals surface area contributed by atoms with E-state index in [0.29, 0.717) is 6.54 Å². The normalized spacial score (nSPS) is 15.1. The summed E-state index contributed by atoms with van der Waals surface area (Å²) < 4.78 is 0. The van der Waals surface area contributed by atoms with Crippen LogP contribution in [0.25, 0.3) is 0 Å². The Bertz CT molecular complexity index is 146. The van der Waals surface area contributed by atoms with Gasteiger partial charge in [-0.1, -0.05) is 13.8 Å². The molecule has 3 nitrogen and oxygen atoms in total. The first kappa shape index (κ1) is 12.4. The molecule has 0 aliphatic rings. The van der Waals surface area contributed by atoms with Gasteiger partial charge in [0.25, 0.3) is 0 Å². The topological polar surface area (TPSA) is 49.3 Å². The molecule has 2 N–H and O–H groups in total. The number of aliphatic hydroxyl groups excluding tert-OH is 1. The van der Waals surface area contributed by atoms with Crippen molar-refractivity contribution in [2.24, 2.45) is 5.92 Å². The minimum Gasteiger partial charge on any atom is -0.393 e. The quantitative estimate of drug-likeness (QED) is 0.616. The highest BCUT2D eigenvalue weighted by Gasteiger charge is 2.08. The van der Waals surface area contributed by atoms with E-state index in [-0.39, 0.29) is 17.9 Å². The fraction of sp³-hybridized carbons (Fsp3) is 0.900. The molecule has 0 spiro atoms. The average molecular weight is 187 g/mol. The molecule has 0 radical (unpaired) electrons. The third-order valence-electron chi connectivity index (χ3n) is 2.16. The molecule has 0 aliphatic heterocycles. The van der Waals surface area contributed by atoms with Crippen molar-refractivity contribution in [2.75, 3.05) is 6.54 Å². The van der Waals surface area contributed by atoms with E-state index in [9.17, 15) is 4.79 Å². The van der Waals surface area contributed by atoms with Crippen LogP contribution < -0.4 is 5.32 Å². The SMILES string of the molecule is CCC(C)C(=O)NCCCC(C)O. The maximum Gasteiger partial charge on any atom is 0.222 e. The van der Waals surface area contributed by atoms with Gasteiger partial charge >= 0.3 is 0 Å². The van der Waals surface area contributed by atoms with Crippen molar-refractivity contribution in [3.63, 3.8) is 0 Å². The predicted octanol–water partition coefficient (Wildman–Crippen LogP) is 1.31. The highest BCUT2D eigenvalue weighted by molar-refractivity contribution is 5.78. The van der Waals surface area contributed by atoms with E-state index in [0.717, 1.165) is 19.3 Å². The number of carbonyl (C=O) groups is 1. The van der Waals surface area contributed by atoms with E-state index in [1.165, 1.54) is 0 Å². The van der Waals surface area contributed by atoms with E-state index >= 15 is 0 Å². The van der Waals surface area contributed by atoms with Crippen LogP contribution in [0.4, 0.5) is 0 Å². The van der Waals surface area contributed by atoms with Crippen LogP contribution in [0.2, 0.25) is 0 Å². The summed E-state index contributed by atoms with van der Waals surface area (Å²) in [5.74, 6) is 0.222. The predicted molar refractivity (Wildman–Crippen MR) is 53.4 cm³/mol. The van der Waals surface area contributed by atoms with Gasteiger partial charge in [0.2, 0.25) is 5.91 Å². The fourth-order valence-electron chi connectivity index (χ4n) is 0.969. The van der Waals surface area contributed by atoms with Crippen LogP contribution in [0, 0.1) is 5.92 Å². The molecule has 2 atom stereocenters. The number of nitrogens with one attached hydrogen (secondary N) is 1. The number of aliphatic hydroxyl groups is 1. The first-order valence-corrected chi connectivity index (χ1v) is 5.03. The van der Waals surface area contributed by atoms with Crippen molar-refractivity contribution in [3.8, 4) is 0 Å². The molecule has 3 heteroatoms. The maximum absolute atomic E-state index is 11.2. The molecule has 0 bridgehead atoms. The highest BCUT2D eigenvalue weighted by Crippen LogP contribution is 2.00. The molecule has 0 rings (SSSR count).